The van der Waals surface area contributed by atoms with Crippen molar-refractivity contribution in [3.63, 3.8) is 0 Å². The number of nitrogens with zero attached hydrogens (tertiary/aromatic N) is 1. The fourth-order valence-corrected chi connectivity index (χ4v) is 2.53. The zero-order valence-electron chi connectivity index (χ0n) is 11.1. The number of amides is 2. The number of urea groups is 1. The van der Waals surface area contributed by atoms with E-state index in [1.165, 1.54) is 0 Å². The van der Waals surface area contributed by atoms with Gasteiger partial charge in [0.05, 0.1) is 0 Å². The van der Waals surface area contributed by atoms with Crippen LogP contribution in [0.3, 0.4) is 0 Å². The van der Waals surface area contributed by atoms with Crippen LogP contribution in [0.25, 0.3) is 0 Å². The van der Waals surface area contributed by atoms with Crippen molar-refractivity contribution in [2.75, 3.05) is 13.1 Å². The quantitative estimate of drug-likeness (QED) is 0.802. The SMILES string of the molecule is CC1(C)CC1NC(=O)N1CCC(CCC(=O)O)C1. The maximum Gasteiger partial charge on any atom is 0.317 e. The molecule has 2 atom stereocenters. The predicted octanol–water partition coefficient (Wildman–Crippen LogP) is 1.68. The molecule has 0 aromatic rings. The van der Waals surface area contributed by atoms with Gasteiger partial charge in [-0.15, -0.1) is 0 Å². The minimum absolute atomic E-state index is 0.0170. The Bertz CT molecular complexity index is 354. The Morgan fingerprint density at radius 3 is 2.67 bits per heavy atom. The van der Waals surface area contributed by atoms with Crippen molar-refractivity contribution in [3.8, 4) is 0 Å². The van der Waals surface area contributed by atoms with Crippen LogP contribution in [0.5, 0.6) is 0 Å². The summed E-state index contributed by atoms with van der Waals surface area (Å²) in [6.07, 6.45) is 2.85. The third-order valence-corrected chi connectivity index (χ3v) is 4.15. The van der Waals surface area contributed by atoms with Crippen LogP contribution in [0.2, 0.25) is 0 Å². The number of likely N-dealkylation sites (tertiary alicyclic amines) is 1. The van der Waals surface area contributed by atoms with Crippen LogP contribution in [0.15, 0.2) is 0 Å². The van der Waals surface area contributed by atoms with Gasteiger partial charge in [0.15, 0.2) is 0 Å². The highest BCUT2D eigenvalue weighted by atomic mass is 16.4. The predicted molar refractivity (Wildman–Crippen MR) is 67.3 cm³/mol. The van der Waals surface area contributed by atoms with Gasteiger partial charge in [-0.1, -0.05) is 13.8 Å². The number of nitrogens with one attached hydrogen (secondary N) is 1. The molecule has 0 spiro atoms. The lowest BCUT2D eigenvalue weighted by atomic mass is 10.0. The Morgan fingerprint density at radius 1 is 1.44 bits per heavy atom. The molecule has 0 bridgehead atoms. The molecule has 5 nitrogen and oxygen atoms in total. The van der Waals surface area contributed by atoms with Crippen molar-refractivity contribution in [1.29, 1.82) is 0 Å². The first-order valence-corrected chi connectivity index (χ1v) is 6.66. The molecule has 2 fully saturated rings. The van der Waals surface area contributed by atoms with E-state index in [9.17, 15) is 9.59 Å². The van der Waals surface area contributed by atoms with Crippen LogP contribution >= 0.6 is 0 Å². The van der Waals surface area contributed by atoms with Gasteiger partial charge in [-0.2, -0.15) is 0 Å². The molecule has 2 N–H and O–H groups in total. The molecule has 18 heavy (non-hydrogen) atoms. The van der Waals surface area contributed by atoms with Crippen molar-refractivity contribution >= 4 is 12.0 Å². The largest absolute Gasteiger partial charge is 0.481 e. The zero-order chi connectivity index (χ0) is 13.3. The molecule has 5 heteroatoms. The molecular formula is C13H22N2O3. The number of aliphatic carboxylic acids is 1. The number of hydrogen-bond donors (Lipinski definition) is 2. The molecule has 2 amide bonds. The summed E-state index contributed by atoms with van der Waals surface area (Å²) < 4.78 is 0. The molecule has 0 aromatic carbocycles. The third kappa shape index (κ3) is 3.15. The normalized spacial score (nSPS) is 29.1. The van der Waals surface area contributed by atoms with E-state index in [0.29, 0.717) is 24.9 Å². The molecular weight excluding hydrogens is 232 g/mol. The molecule has 2 aliphatic rings. The summed E-state index contributed by atoms with van der Waals surface area (Å²) in [5.41, 5.74) is 0.248. The van der Waals surface area contributed by atoms with Crippen LogP contribution in [-0.4, -0.2) is 41.1 Å². The standard InChI is InChI=1S/C13H22N2O3/c1-13(2)7-10(13)14-12(18)15-6-5-9(8-15)3-4-11(16)17/h9-10H,3-8H2,1-2H3,(H,14,18)(H,16,17). The highest BCUT2D eigenvalue weighted by molar-refractivity contribution is 5.75. The number of carbonyl (C=O) groups excluding carboxylic acids is 1. The monoisotopic (exact) mass is 254 g/mol. The van der Waals surface area contributed by atoms with Crippen molar-refractivity contribution in [3.05, 3.63) is 0 Å². The van der Waals surface area contributed by atoms with Gasteiger partial charge < -0.3 is 15.3 Å². The second-order valence-corrected chi connectivity index (χ2v) is 6.23. The lowest BCUT2D eigenvalue weighted by molar-refractivity contribution is -0.137. The van der Waals surface area contributed by atoms with Gasteiger partial charge in [-0.25, -0.2) is 4.79 Å². The summed E-state index contributed by atoms with van der Waals surface area (Å²) in [4.78, 5) is 24.3. The zero-order valence-corrected chi connectivity index (χ0v) is 11.1. The van der Waals surface area contributed by atoms with Crippen molar-refractivity contribution in [1.82, 2.24) is 10.2 Å². The molecule has 102 valence electrons. The van der Waals surface area contributed by atoms with Crippen LogP contribution in [0, 0.1) is 11.3 Å². The maximum atomic E-state index is 12.0. The lowest BCUT2D eigenvalue weighted by Crippen LogP contribution is -2.40. The van der Waals surface area contributed by atoms with Gasteiger partial charge in [0.2, 0.25) is 0 Å². The second-order valence-electron chi connectivity index (χ2n) is 6.23. The van der Waals surface area contributed by atoms with E-state index in [4.69, 9.17) is 5.11 Å². The van der Waals surface area contributed by atoms with E-state index >= 15 is 0 Å². The van der Waals surface area contributed by atoms with Crippen LogP contribution in [0.1, 0.15) is 39.5 Å². The van der Waals surface area contributed by atoms with Gasteiger partial charge >= 0.3 is 12.0 Å². The minimum atomic E-state index is -0.752. The van der Waals surface area contributed by atoms with Gasteiger partial charge in [0, 0.05) is 25.6 Å². The Kier molecular flexibility index (Phi) is 3.50. The average Bonchev–Trinajstić information content (AvgIpc) is 2.73. The fraction of sp³-hybridized carbons (Fsp3) is 0.846. The number of carboxylic acid groups (broad SMARTS) is 1. The molecule has 1 aliphatic carbocycles. The van der Waals surface area contributed by atoms with Crippen molar-refractivity contribution in [2.24, 2.45) is 11.3 Å². The summed E-state index contributed by atoms with van der Waals surface area (Å²) in [7, 11) is 0. The number of hydrogen-bond acceptors (Lipinski definition) is 2. The van der Waals surface area contributed by atoms with E-state index in [0.717, 1.165) is 19.4 Å². The molecule has 2 rings (SSSR count). The Morgan fingerprint density at radius 2 is 2.11 bits per heavy atom. The summed E-state index contributed by atoms with van der Waals surface area (Å²) >= 11 is 0. The molecule has 0 aromatic heterocycles. The summed E-state index contributed by atoms with van der Waals surface area (Å²) in [6.45, 7) is 5.75. The topological polar surface area (TPSA) is 69.6 Å². The van der Waals surface area contributed by atoms with Gasteiger partial charge in [0.25, 0.3) is 0 Å². The van der Waals surface area contributed by atoms with E-state index in [1.54, 1.807) is 0 Å². The average molecular weight is 254 g/mol. The molecule has 1 heterocycles. The second kappa shape index (κ2) is 4.78. The molecule has 1 saturated carbocycles. The third-order valence-electron chi connectivity index (χ3n) is 4.15. The Balaban J connectivity index is 1.71. The van der Waals surface area contributed by atoms with E-state index in [2.05, 4.69) is 19.2 Å². The fourth-order valence-electron chi connectivity index (χ4n) is 2.53. The number of carbonyl (C=O) groups is 2. The van der Waals surface area contributed by atoms with Crippen LogP contribution in [0.4, 0.5) is 4.79 Å². The first-order valence-electron chi connectivity index (χ1n) is 6.66. The van der Waals surface area contributed by atoms with Crippen LogP contribution in [-0.2, 0) is 4.79 Å². The first kappa shape index (κ1) is 13.2. The van der Waals surface area contributed by atoms with Crippen LogP contribution < -0.4 is 5.32 Å². The maximum absolute atomic E-state index is 12.0. The van der Waals surface area contributed by atoms with E-state index in [1.807, 2.05) is 4.90 Å². The van der Waals surface area contributed by atoms with Gasteiger partial charge in [-0.05, 0) is 30.6 Å². The first-order chi connectivity index (χ1) is 8.38. The van der Waals surface area contributed by atoms with E-state index < -0.39 is 5.97 Å². The summed E-state index contributed by atoms with van der Waals surface area (Å²) in [6, 6.07) is 0.325. The summed E-state index contributed by atoms with van der Waals surface area (Å²) in [5, 5.41) is 11.7. The molecule has 1 aliphatic heterocycles. The number of carboxylic acids is 1. The molecule has 1 saturated heterocycles. The smallest absolute Gasteiger partial charge is 0.317 e. The summed E-state index contributed by atoms with van der Waals surface area (Å²) in [5.74, 6) is -0.406. The van der Waals surface area contributed by atoms with Gasteiger partial charge in [-0.3, -0.25) is 4.79 Å². The lowest BCUT2D eigenvalue weighted by Gasteiger charge is -2.18. The van der Waals surface area contributed by atoms with E-state index in [-0.39, 0.29) is 17.9 Å². The minimum Gasteiger partial charge on any atom is -0.481 e. The molecule has 2 unspecified atom stereocenters. The van der Waals surface area contributed by atoms with Crippen molar-refractivity contribution < 1.29 is 14.7 Å². The highest BCUT2D eigenvalue weighted by Gasteiger charge is 2.47. The number of rotatable bonds is 4. The Hall–Kier alpha value is -1.26. The van der Waals surface area contributed by atoms with Crippen molar-refractivity contribution in [2.45, 2.75) is 45.6 Å². The Labute approximate surface area is 108 Å². The molecule has 0 radical (unpaired) electrons. The highest BCUT2D eigenvalue weighted by Crippen LogP contribution is 2.44. The van der Waals surface area contributed by atoms with Gasteiger partial charge in [0.1, 0.15) is 0 Å².